The van der Waals surface area contributed by atoms with Crippen LogP contribution in [-0.4, -0.2) is 16.7 Å². The van der Waals surface area contributed by atoms with E-state index in [0.717, 1.165) is 12.8 Å². The van der Waals surface area contributed by atoms with E-state index in [1.54, 1.807) is 6.20 Å². The monoisotopic (exact) mass is 243 g/mol. The second-order valence-electron chi connectivity index (χ2n) is 4.42. The van der Waals surface area contributed by atoms with Crippen molar-refractivity contribution in [3.8, 4) is 0 Å². The number of carbonyl (C=O) groups excluding carboxylic acids is 2. The number of likely N-dealkylation sites (tertiary alicyclic amines) is 1. The first-order valence-corrected chi connectivity index (χ1v) is 6.33. The maximum Gasteiger partial charge on any atom is 0.233 e. The van der Waals surface area contributed by atoms with E-state index in [9.17, 15) is 9.59 Å². The maximum atomic E-state index is 11.5. The van der Waals surface area contributed by atoms with Gasteiger partial charge in [-0.15, -0.1) is 0 Å². The number of imide groups is 1. The normalized spacial score (nSPS) is 16.6. The fourth-order valence-corrected chi connectivity index (χ4v) is 2.01. The molecular weight excluding hydrogens is 226 g/mol. The molecule has 3 nitrogen and oxygen atoms in total. The average Bonchev–Trinajstić information content (AvgIpc) is 2.38. The van der Waals surface area contributed by atoms with Gasteiger partial charge >= 0.3 is 0 Å². The number of nitrogens with zero attached hydrogens (tertiary/aromatic N) is 1. The van der Waals surface area contributed by atoms with E-state index in [2.05, 4.69) is 12.1 Å². The van der Waals surface area contributed by atoms with E-state index >= 15 is 0 Å². The van der Waals surface area contributed by atoms with Crippen molar-refractivity contribution in [3.05, 3.63) is 48.2 Å². The zero-order valence-corrected chi connectivity index (χ0v) is 10.3. The molecule has 1 heterocycles. The van der Waals surface area contributed by atoms with Crippen LogP contribution in [0, 0.1) is 0 Å². The highest BCUT2D eigenvalue weighted by Crippen LogP contribution is 2.13. The van der Waals surface area contributed by atoms with Crippen LogP contribution in [-0.2, 0) is 16.0 Å². The van der Waals surface area contributed by atoms with Gasteiger partial charge in [0.2, 0.25) is 11.8 Å². The zero-order chi connectivity index (χ0) is 12.8. The number of rotatable bonds is 4. The number of carbonyl (C=O) groups is 2. The van der Waals surface area contributed by atoms with Crippen molar-refractivity contribution >= 4 is 11.8 Å². The Morgan fingerprint density at radius 1 is 1.06 bits per heavy atom. The second-order valence-corrected chi connectivity index (χ2v) is 4.42. The van der Waals surface area contributed by atoms with Crippen LogP contribution < -0.4 is 0 Å². The molecule has 2 amide bonds. The highest BCUT2D eigenvalue weighted by atomic mass is 16.2. The van der Waals surface area contributed by atoms with Gasteiger partial charge in [-0.3, -0.25) is 14.5 Å². The van der Waals surface area contributed by atoms with Crippen LogP contribution in [0.25, 0.3) is 0 Å². The van der Waals surface area contributed by atoms with Crippen molar-refractivity contribution in [1.29, 1.82) is 0 Å². The zero-order valence-electron chi connectivity index (χ0n) is 10.3. The average molecular weight is 243 g/mol. The van der Waals surface area contributed by atoms with E-state index in [-0.39, 0.29) is 11.8 Å². The summed E-state index contributed by atoms with van der Waals surface area (Å²) in [6.07, 6.45) is 6.94. The summed E-state index contributed by atoms with van der Waals surface area (Å²) in [5.74, 6) is -0.163. The molecule has 0 atom stereocenters. The minimum absolute atomic E-state index is 0.0813. The molecule has 1 saturated heterocycles. The molecule has 0 aliphatic carbocycles. The van der Waals surface area contributed by atoms with Gasteiger partial charge in [-0.1, -0.05) is 36.4 Å². The van der Waals surface area contributed by atoms with Gasteiger partial charge in [-0.05, 0) is 24.8 Å². The maximum absolute atomic E-state index is 11.5. The molecule has 18 heavy (non-hydrogen) atoms. The smallest absolute Gasteiger partial charge is 0.233 e. The molecule has 2 rings (SSSR count). The molecule has 1 aliphatic rings. The first-order valence-electron chi connectivity index (χ1n) is 6.33. The van der Waals surface area contributed by atoms with Gasteiger partial charge in [-0.2, -0.15) is 0 Å². The summed E-state index contributed by atoms with van der Waals surface area (Å²) >= 11 is 0. The van der Waals surface area contributed by atoms with E-state index in [0.29, 0.717) is 19.3 Å². The Balaban J connectivity index is 1.84. The lowest BCUT2D eigenvalue weighted by molar-refractivity contribution is -0.144. The lowest BCUT2D eigenvalue weighted by Gasteiger charge is -2.20. The SMILES string of the molecule is O=C1CCCC(=O)N1/C=C\CCc1ccccc1. The Labute approximate surface area is 107 Å². The fourth-order valence-electron chi connectivity index (χ4n) is 2.01. The summed E-state index contributed by atoms with van der Waals surface area (Å²) in [6.45, 7) is 0. The lowest BCUT2D eigenvalue weighted by atomic mass is 10.1. The van der Waals surface area contributed by atoms with Gasteiger partial charge in [0.25, 0.3) is 0 Å². The molecule has 0 aromatic heterocycles. The number of amides is 2. The molecular formula is C15H17NO2. The van der Waals surface area contributed by atoms with Crippen molar-refractivity contribution in [1.82, 2.24) is 4.90 Å². The van der Waals surface area contributed by atoms with E-state index < -0.39 is 0 Å². The van der Waals surface area contributed by atoms with Crippen LogP contribution in [0.1, 0.15) is 31.2 Å². The summed E-state index contributed by atoms with van der Waals surface area (Å²) in [4.78, 5) is 24.3. The van der Waals surface area contributed by atoms with E-state index in [1.807, 2.05) is 24.3 Å². The molecule has 1 aliphatic heterocycles. The molecule has 1 aromatic rings. The van der Waals surface area contributed by atoms with Crippen LogP contribution in [0.5, 0.6) is 0 Å². The Bertz CT molecular complexity index is 435. The summed E-state index contributed by atoms with van der Waals surface area (Å²) in [6, 6.07) is 10.2. The molecule has 0 unspecified atom stereocenters. The van der Waals surface area contributed by atoms with Crippen molar-refractivity contribution in [2.75, 3.05) is 0 Å². The van der Waals surface area contributed by atoms with E-state index in [1.165, 1.54) is 10.5 Å². The second kappa shape index (κ2) is 6.15. The topological polar surface area (TPSA) is 37.4 Å². The first-order chi connectivity index (χ1) is 8.77. The number of piperidine rings is 1. The highest BCUT2D eigenvalue weighted by molar-refractivity contribution is 5.98. The van der Waals surface area contributed by atoms with Gasteiger partial charge in [0.1, 0.15) is 0 Å². The standard InChI is InChI=1S/C15H17NO2/c17-14-10-6-11-15(18)16(14)12-5-4-9-13-7-2-1-3-8-13/h1-3,5,7-8,12H,4,6,9-11H2/b12-5-. The quantitative estimate of drug-likeness (QED) is 0.762. The van der Waals surface area contributed by atoms with Crippen molar-refractivity contribution < 1.29 is 9.59 Å². The van der Waals surface area contributed by atoms with Gasteiger partial charge in [0, 0.05) is 19.0 Å². The van der Waals surface area contributed by atoms with Crippen LogP contribution in [0.15, 0.2) is 42.6 Å². The van der Waals surface area contributed by atoms with Crippen molar-refractivity contribution in [2.45, 2.75) is 32.1 Å². The summed E-state index contributed by atoms with van der Waals surface area (Å²) < 4.78 is 0. The Morgan fingerprint density at radius 2 is 1.72 bits per heavy atom. The third kappa shape index (κ3) is 3.29. The predicted octanol–water partition coefficient (Wildman–Crippen LogP) is 2.67. The largest absolute Gasteiger partial charge is 0.274 e. The molecule has 0 spiro atoms. The molecule has 94 valence electrons. The van der Waals surface area contributed by atoms with Gasteiger partial charge < -0.3 is 0 Å². The number of aryl methyl sites for hydroxylation is 1. The van der Waals surface area contributed by atoms with Gasteiger partial charge in [-0.25, -0.2) is 0 Å². The van der Waals surface area contributed by atoms with E-state index in [4.69, 9.17) is 0 Å². The van der Waals surface area contributed by atoms with Crippen LogP contribution in [0.4, 0.5) is 0 Å². The highest BCUT2D eigenvalue weighted by Gasteiger charge is 2.23. The van der Waals surface area contributed by atoms with Crippen LogP contribution >= 0.6 is 0 Å². The summed E-state index contributed by atoms with van der Waals surface area (Å²) in [5.41, 5.74) is 1.26. The Kier molecular flexibility index (Phi) is 4.29. The molecule has 3 heteroatoms. The van der Waals surface area contributed by atoms with Gasteiger partial charge in [0.15, 0.2) is 0 Å². The summed E-state index contributed by atoms with van der Waals surface area (Å²) in [5, 5.41) is 0. The number of hydrogen-bond donors (Lipinski definition) is 0. The minimum Gasteiger partial charge on any atom is -0.274 e. The molecule has 0 radical (unpaired) electrons. The van der Waals surface area contributed by atoms with Crippen molar-refractivity contribution in [3.63, 3.8) is 0 Å². The third-order valence-electron chi connectivity index (χ3n) is 3.02. The number of allylic oxidation sites excluding steroid dienone is 1. The first kappa shape index (κ1) is 12.6. The van der Waals surface area contributed by atoms with Crippen molar-refractivity contribution in [2.24, 2.45) is 0 Å². The third-order valence-corrected chi connectivity index (χ3v) is 3.02. The molecule has 1 aromatic carbocycles. The molecule has 0 saturated carbocycles. The van der Waals surface area contributed by atoms with Gasteiger partial charge in [0.05, 0.1) is 0 Å². The minimum atomic E-state index is -0.0813. The summed E-state index contributed by atoms with van der Waals surface area (Å²) in [7, 11) is 0. The molecule has 1 fully saturated rings. The Hall–Kier alpha value is -1.90. The lowest BCUT2D eigenvalue weighted by Crippen LogP contribution is -2.35. The van der Waals surface area contributed by atoms with Crippen LogP contribution in [0.2, 0.25) is 0 Å². The number of hydrogen-bond acceptors (Lipinski definition) is 2. The fraction of sp³-hybridized carbons (Fsp3) is 0.333. The Morgan fingerprint density at radius 3 is 2.39 bits per heavy atom. The molecule has 0 N–H and O–H groups in total. The predicted molar refractivity (Wildman–Crippen MR) is 69.6 cm³/mol. The number of benzene rings is 1. The molecule has 0 bridgehead atoms. The van der Waals surface area contributed by atoms with Crippen LogP contribution in [0.3, 0.4) is 0 Å².